The highest BCUT2D eigenvalue weighted by atomic mass is 35.5. The highest BCUT2D eigenvalue weighted by Crippen LogP contribution is 2.29. The van der Waals surface area contributed by atoms with Crippen LogP contribution in [0.15, 0.2) is 102 Å². The first-order valence-electron chi connectivity index (χ1n) is 10.6. The van der Waals surface area contributed by atoms with Crippen LogP contribution in [0.2, 0.25) is 5.02 Å². The number of hydrogen-bond donors (Lipinski definition) is 1. The molecule has 1 amide bonds. The predicted molar refractivity (Wildman–Crippen MR) is 131 cm³/mol. The summed E-state index contributed by atoms with van der Waals surface area (Å²) in [5.74, 6) is -0.752. The summed E-state index contributed by atoms with van der Waals surface area (Å²) in [6, 6.07) is 22.8. The van der Waals surface area contributed by atoms with Gasteiger partial charge in [0.1, 0.15) is 6.04 Å². The van der Waals surface area contributed by atoms with Gasteiger partial charge in [-0.05, 0) is 60.0 Å². The van der Waals surface area contributed by atoms with E-state index in [0.717, 1.165) is 15.6 Å². The van der Waals surface area contributed by atoms with Crippen LogP contribution < -0.4 is 5.73 Å². The molecule has 1 heterocycles. The normalized spacial score (nSPS) is 12.5. The van der Waals surface area contributed by atoms with Crippen LogP contribution in [0.3, 0.4) is 0 Å². The Hall–Kier alpha value is -3.46. The molecular formula is C25H23ClN4O3S. The second kappa shape index (κ2) is 10.2. The highest BCUT2D eigenvalue weighted by molar-refractivity contribution is 7.89. The van der Waals surface area contributed by atoms with Crippen LogP contribution in [-0.4, -0.2) is 35.0 Å². The molecule has 0 spiro atoms. The third-order valence-electron chi connectivity index (χ3n) is 5.42. The first-order chi connectivity index (χ1) is 16.4. The Bertz CT molecular complexity index is 1340. The summed E-state index contributed by atoms with van der Waals surface area (Å²) in [4.78, 5) is 12.6. The maximum atomic E-state index is 13.7. The lowest BCUT2D eigenvalue weighted by atomic mass is 10.1. The quantitative estimate of drug-likeness (QED) is 0.380. The minimum Gasteiger partial charge on any atom is -0.368 e. The zero-order valence-corrected chi connectivity index (χ0v) is 19.7. The van der Waals surface area contributed by atoms with Crippen molar-refractivity contribution in [3.05, 3.63) is 113 Å². The summed E-state index contributed by atoms with van der Waals surface area (Å²) in [6.07, 6.45) is 3.91. The molecule has 9 heteroatoms. The number of primary amides is 1. The van der Waals surface area contributed by atoms with Crippen LogP contribution >= 0.6 is 11.6 Å². The Kier molecular flexibility index (Phi) is 7.12. The van der Waals surface area contributed by atoms with Crippen molar-refractivity contribution in [3.63, 3.8) is 0 Å². The van der Waals surface area contributed by atoms with Gasteiger partial charge in [0.15, 0.2) is 0 Å². The highest BCUT2D eigenvalue weighted by Gasteiger charge is 2.35. The smallest absolute Gasteiger partial charge is 0.244 e. The molecule has 1 atom stereocenters. The number of nitrogens with two attached hydrogens (primary N) is 1. The average Bonchev–Trinajstić information content (AvgIpc) is 3.37. The molecule has 0 aliphatic rings. The minimum absolute atomic E-state index is 0.0353. The second-order valence-electron chi connectivity index (χ2n) is 7.65. The van der Waals surface area contributed by atoms with E-state index in [4.69, 9.17) is 17.3 Å². The van der Waals surface area contributed by atoms with E-state index in [1.54, 1.807) is 41.2 Å². The summed E-state index contributed by atoms with van der Waals surface area (Å²) in [7, 11) is -4.06. The molecule has 0 saturated carbocycles. The fraction of sp³-hybridized carbons (Fsp3) is 0.120. The average molecular weight is 495 g/mol. The van der Waals surface area contributed by atoms with Crippen LogP contribution in [0, 0.1) is 0 Å². The van der Waals surface area contributed by atoms with Crippen molar-refractivity contribution in [2.45, 2.75) is 17.4 Å². The molecule has 174 valence electrons. The molecule has 0 bridgehead atoms. The van der Waals surface area contributed by atoms with Crippen LogP contribution in [0.5, 0.6) is 0 Å². The van der Waals surface area contributed by atoms with Crippen LogP contribution in [0.25, 0.3) is 5.69 Å². The van der Waals surface area contributed by atoms with E-state index >= 15 is 0 Å². The Balaban J connectivity index is 1.67. The molecule has 4 aromatic rings. The largest absolute Gasteiger partial charge is 0.368 e. The maximum absolute atomic E-state index is 13.7. The molecule has 7 nitrogen and oxygen atoms in total. The number of aromatic nitrogens is 2. The fourth-order valence-electron chi connectivity index (χ4n) is 3.71. The van der Waals surface area contributed by atoms with Crippen molar-refractivity contribution in [3.8, 4) is 5.69 Å². The molecule has 0 unspecified atom stereocenters. The lowest BCUT2D eigenvalue weighted by Crippen LogP contribution is -2.42. The van der Waals surface area contributed by atoms with Crippen molar-refractivity contribution in [2.24, 2.45) is 5.73 Å². The molecule has 0 aliphatic carbocycles. The molecule has 3 aromatic carbocycles. The van der Waals surface area contributed by atoms with Gasteiger partial charge in [-0.15, -0.1) is 0 Å². The number of carbonyl (C=O) groups excluding carboxylic acids is 1. The molecule has 34 heavy (non-hydrogen) atoms. The van der Waals surface area contributed by atoms with Crippen molar-refractivity contribution in [2.75, 3.05) is 6.54 Å². The van der Waals surface area contributed by atoms with Gasteiger partial charge in [0.25, 0.3) is 0 Å². The van der Waals surface area contributed by atoms with Gasteiger partial charge in [-0.1, -0.05) is 54.1 Å². The van der Waals surface area contributed by atoms with Crippen LogP contribution in [-0.2, 0) is 21.2 Å². The third-order valence-corrected chi connectivity index (χ3v) is 7.55. The van der Waals surface area contributed by atoms with E-state index in [1.165, 1.54) is 24.3 Å². The number of carbonyl (C=O) groups is 1. The molecule has 2 N–H and O–H groups in total. The van der Waals surface area contributed by atoms with E-state index < -0.39 is 22.0 Å². The Morgan fingerprint density at radius 1 is 0.971 bits per heavy atom. The third kappa shape index (κ3) is 5.20. The molecule has 0 saturated heterocycles. The summed E-state index contributed by atoms with van der Waals surface area (Å²) in [6.45, 7) is 0.0502. The topological polar surface area (TPSA) is 98.3 Å². The number of rotatable bonds is 9. The predicted octanol–water partition coefficient (Wildman–Crippen LogP) is 3.99. The molecule has 4 rings (SSSR count). The van der Waals surface area contributed by atoms with Gasteiger partial charge in [-0.3, -0.25) is 4.79 Å². The zero-order valence-electron chi connectivity index (χ0n) is 18.2. The summed E-state index contributed by atoms with van der Waals surface area (Å²) in [5, 5.41) is 4.62. The Labute approximate surface area is 203 Å². The van der Waals surface area contributed by atoms with Crippen molar-refractivity contribution < 1.29 is 13.2 Å². The number of sulfonamides is 1. The van der Waals surface area contributed by atoms with E-state index in [-0.39, 0.29) is 11.4 Å². The van der Waals surface area contributed by atoms with Crippen molar-refractivity contribution in [1.82, 2.24) is 14.1 Å². The Morgan fingerprint density at radius 2 is 1.65 bits per heavy atom. The zero-order chi connectivity index (χ0) is 24.1. The number of halogens is 1. The molecule has 0 fully saturated rings. The summed E-state index contributed by atoms with van der Waals surface area (Å²) >= 11 is 5.95. The second-order valence-corrected chi connectivity index (χ2v) is 9.98. The van der Waals surface area contributed by atoms with Gasteiger partial charge in [-0.25, -0.2) is 13.1 Å². The van der Waals surface area contributed by atoms with Gasteiger partial charge in [0, 0.05) is 24.0 Å². The van der Waals surface area contributed by atoms with Crippen molar-refractivity contribution in [1.29, 1.82) is 0 Å². The van der Waals surface area contributed by atoms with Crippen LogP contribution in [0.4, 0.5) is 0 Å². The standard InChI is InChI=1S/C25H23ClN4O3S/c26-21-9-13-23(14-10-21)34(32,33)30(24(25(27)31)20-5-2-1-3-6-20)18-15-19-7-11-22(12-8-19)29-17-4-16-28-29/h1-14,16-17,24H,15,18H2,(H2,27,31)/t24-/m1/s1. The SMILES string of the molecule is NC(=O)[C@@H](c1ccccc1)N(CCc1ccc(-n2cccn2)cc1)S(=O)(=O)c1ccc(Cl)cc1. The molecule has 1 aromatic heterocycles. The Morgan fingerprint density at radius 3 is 2.24 bits per heavy atom. The number of benzene rings is 3. The van der Waals surface area contributed by atoms with E-state index in [9.17, 15) is 13.2 Å². The first kappa shape index (κ1) is 23.7. The molecular weight excluding hydrogens is 472 g/mol. The fourth-order valence-corrected chi connectivity index (χ4v) is 5.43. The summed E-state index contributed by atoms with van der Waals surface area (Å²) < 4.78 is 30.2. The van der Waals surface area contributed by atoms with Gasteiger partial charge in [-0.2, -0.15) is 9.40 Å². The lowest BCUT2D eigenvalue weighted by Gasteiger charge is -2.29. The monoisotopic (exact) mass is 494 g/mol. The van der Waals surface area contributed by atoms with Crippen LogP contribution in [0.1, 0.15) is 17.2 Å². The van der Waals surface area contributed by atoms with Gasteiger partial charge in [0.2, 0.25) is 15.9 Å². The minimum atomic E-state index is -4.06. The van der Waals surface area contributed by atoms with Crippen molar-refractivity contribution >= 4 is 27.5 Å². The van der Waals surface area contributed by atoms with E-state index in [1.807, 2.05) is 36.5 Å². The van der Waals surface area contributed by atoms with Gasteiger partial charge < -0.3 is 5.73 Å². The first-order valence-corrected chi connectivity index (χ1v) is 12.4. The molecule has 0 aliphatic heterocycles. The summed E-state index contributed by atoms with van der Waals surface area (Å²) in [5.41, 5.74) is 8.03. The number of nitrogens with zero attached hydrogens (tertiary/aromatic N) is 3. The van der Waals surface area contributed by atoms with Gasteiger partial charge in [0.05, 0.1) is 10.6 Å². The van der Waals surface area contributed by atoms with Gasteiger partial charge >= 0.3 is 0 Å². The molecule has 0 radical (unpaired) electrons. The lowest BCUT2D eigenvalue weighted by molar-refractivity contribution is -0.121. The number of amides is 1. The number of hydrogen-bond acceptors (Lipinski definition) is 4. The van der Waals surface area contributed by atoms with E-state index in [0.29, 0.717) is 17.0 Å². The maximum Gasteiger partial charge on any atom is 0.244 e. The van der Waals surface area contributed by atoms with E-state index in [2.05, 4.69) is 5.10 Å².